The summed E-state index contributed by atoms with van der Waals surface area (Å²) in [6.07, 6.45) is 2.23. The molecule has 1 aromatic carbocycles. The van der Waals surface area contributed by atoms with E-state index in [-0.39, 0.29) is 11.9 Å². The quantitative estimate of drug-likeness (QED) is 0.816. The lowest BCUT2D eigenvalue weighted by Gasteiger charge is -2.20. The topological polar surface area (TPSA) is 21.3 Å². The fraction of sp³-hybridized carbons (Fsp3) is 0.571. The zero-order valence-electron chi connectivity index (χ0n) is 11.2. The number of ether oxygens (including phenoxy) is 1. The van der Waals surface area contributed by atoms with E-state index < -0.39 is 0 Å². The Hall–Kier alpha value is -0.610. The highest BCUT2D eigenvalue weighted by molar-refractivity contribution is 9.10. The molecule has 18 heavy (non-hydrogen) atoms. The van der Waals surface area contributed by atoms with Crippen molar-refractivity contribution in [1.82, 2.24) is 5.32 Å². The zero-order chi connectivity index (χ0) is 13.5. The molecule has 1 atom stereocenters. The minimum absolute atomic E-state index is 0.0132. The van der Waals surface area contributed by atoms with E-state index in [0.717, 1.165) is 19.4 Å². The predicted molar refractivity (Wildman–Crippen MR) is 76.6 cm³/mol. The number of nitrogens with one attached hydrogen (secondary N) is 1. The fourth-order valence-corrected chi connectivity index (χ4v) is 2.22. The second-order valence-electron chi connectivity index (χ2n) is 4.46. The van der Waals surface area contributed by atoms with E-state index in [9.17, 15) is 4.39 Å². The lowest BCUT2D eigenvalue weighted by atomic mass is 10.1. The van der Waals surface area contributed by atoms with Gasteiger partial charge in [0.1, 0.15) is 17.7 Å². The number of benzene rings is 1. The van der Waals surface area contributed by atoms with Gasteiger partial charge >= 0.3 is 0 Å². The lowest BCUT2D eigenvalue weighted by Crippen LogP contribution is -2.36. The van der Waals surface area contributed by atoms with Gasteiger partial charge in [-0.1, -0.05) is 29.8 Å². The third kappa shape index (κ3) is 5.36. The highest BCUT2D eigenvalue weighted by Gasteiger charge is 2.08. The minimum atomic E-state index is -0.292. The van der Waals surface area contributed by atoms with Crippen molar-refractivity contribution >= 4 is 15.9 Å². The van der Waals surface area contributed by atoms with Crippen LogP contribution in [-0.4, -0.2) is 18.7 Å². The molecule has 0 saturated carbocycles. The number of hydrogen-bond acceptors (Lipinski definition) is 2. The number of hydrogen-bond donors (Lipinski definition) is 1. The monoisotopic (exact) mass is 317 g/mol. The van der Waals surface area contributed by atoms with E-state index in [0.29, 0.717) is 16.3 Å². The molecule has 0 aliphatic rings. The van der Waals surface area contributed by atoms with E-state index in [1.54, 1.807) is 6.07 Å². The smallest absolute Gasteiger partial charge is 0.128 e. The Kier molecular flexibility index (Phi) is 6.65. The van der Waals surface area contributed by atoms with Gasteiger partial charge in [0.2, 0.25) is 0 Å². The molecule has 1 rings (SSSR count). The van der Waals surface area contributed by atoms with Crippen molar-refractivity contribution in [3.05, 3.63) is 28.5 Å². The maximum absolute atomic E-state index is 13.2. The van der Waals surface area contributed by atoms with Crippen LogP contribution < -0.4 is 10.1 Å². The van der Waals surface area contributed by atoms with Gasteiger partial charge in [0.15, 0.2) is 0 Å². The van der Waals surface area contributed by atoms with Crippen LogP contribution in [0.5, 0.6) is 5.75 Å². The summed E-state index contributed by atoms with van der Waals surface area (Å²) in [7, 11) is 0. The van der Waals surface area contributed by atoms with Crippen molar-refractivity contribution in [2.45, 2.75) is 45.8 Å². The van der Waals surface area contributed by atoms with Crippen LogP contribution in [0.4, 0.5) is 4.39 Å². The summed E-state index contributed by atoms with van der Waals surface area (Å²) in [5, 5.41) is 3.44. The van der Waals surface area contributed by atoms with Gasteiger partial charge < -0.3 is 10.1 Å². The van der Waals surface area contributed by atoms with E-state index >= 15 is 0 Å². The van der Waals surface area contributed by atoms with E-state index in [2.05, 4.69) is 35.1 Å². The first-order valence-electron chi connectivity index (χ1n) is 6.41. The number of halogens is 2. The zero-order valence-corrected chi connectivity index (χ0v) is 12.8. The van der Waals surface area contributed by atoms with Gasteiger partial charge in [-0.2, -0.15) is 0 Å². The first-order valence-corrected chi connectivity index (χ1v) is 7.20. The fourth-order valence-electron chi connectivity index (χ4n) is 1.78. The summed E-state index contributed by atoms with van der Waals surface area (Å²) in [6, 6.07) is 5.12. The molecule has 0 aliphatic heterocycles. The van der Waals surface area contributed by atoms with Gasteiger partial charge in [-0.15, -0.1) is 0 Å². The van der Waals surface area contributed by atoms with Crippen molar-refractivity contribution in [1.29, 1.82) is 0 Å². The van der Waals surface area contributed by atoms with Gasteiger partial charge in [0.05, 0.1) is 0 Å². The van der Waals surface area contributed by atoms with Gasteiger partial charge in [-0.3, -0.25) is 0 Å². The minimum Gasteiger partial charge on any atom is -0.489 e. The molecule has 0 saturated heterocycles. The van der Waals surface area contributed by atoms with Gasteiger partial charge in [0.25, 0.3) is 0 Å². The molecule has 0 aromatic heterocycles. The summed E-state index contributed by atoms with van der Waals surface area (Å²) in [6.45, 7) is 7.07. The van der Waals surface area contributed by atoms with Crippen LogP contribution in [0.1, 0.15) is 33.6 Å². The highest BCUT2D eigenvalue weighted by Crippen LogP contribution is 2.21. The molecule has 0 bridgehead atoms. The largest absolute Gasteiger partial charge is 0.489 e. The maximum atomic E-state index is 13.2. The molecule has 0 amide bonds. The van der Waals surface area contributed by atoms with Crippen LogP contribution >= 0.6 is 15.9 Å². The summed E-state index contributed by atoms with van der Waals surface area (Å²) >= 11 is 3.25. The van der Waals surface area contributed by atoms with Crippen LogP contribution in [0.25, 0.3) is 0 Å². The summed E-state index contributed by atoms with van der Waals surface area (Å²) in [4.78, 5) is 0. The maximum Gasteiger partial charge on any atom is 0.128 e. The standard InChI is InChI=1S/C14H21BrFNO/c1-4-13(5-2)17-9-10(3)18-14-7-11(15)6-12(16)8-14/h6-8,10,13,17H,4-5,9H2,1-3H3. The number of rotatable bonds is 7. The van der Waals surface area contributed by atoms with Gasteiger partial charge in [-0.25, -0.2) is 4.39 Å². The first kappa shape index (κ1) is 15.4. The predicted octanol–water partition coefficient (Wildman–Crippen LogP) is 4.13. The average molecular weight is 318 g/mol. The van der Waals surface area contributed by atoms with Crippen LogP contribution in [0.15, 0.2) is 22.7 Å². The van der Waals surface area contributed by atoms with Gasteiger partial charge in [0, 0.05) is 23.1 Å². The molecule has 1 N–H and O–H groups in total. The Morgan fingerprint density at radius 2 is 1.94 bits per heavy atom. The Bertz CT molecular complexity index is 349. The van der Waals surface area contributed by atoms with Crippen molar-refractivity contribution in [2.75, 3.05) is 6.54 Å². The third-order valence-corrected chi connectivity index (χ3v) is 3.31. The van der Waals surface area contributed by atoms with Crippen molar-refractivity contribution in [2.24, 2.45) is 0 Å². The molecule has 1 unspecified atom stereocenters. The van der Waals surface area contributed by atoms with E-state index in [1.807, 2.05) is 6.92 Å². The molecule has 0 spiro atoms. The molecule has 2 nitrogen and oxygen atoms in total. The second kappa shape index (κ2) is 7.74. The van der Waals surface area contributed by atoms with Crippen LogP contribution in [0.2, 0.25) is 0 Å². The summed E-state index contributed by atoms with van der Waals surface area (Å²) < 4.78 is 19.6. The molecular weight excluding hydrogens is 297 g/mol. The Morgan fingerprint density at radius 1 is 1.28 bits per heavy atom. The molecule has 0 heterocycles. The molecule has 0 fully saturated rings. The van der Waals surface area contributed by atoms with Crippen molar-refractivity contribution in [3.63, 3.8) is 0 Å². The molecule has 0 aliphatic carbocycles. The van der Waals surface area contributed by atoms with Crippen molar-refractivity contribution in [3.8, 4) is 5.75 Å². The first-order chi connectivity index (χ1) is 8.55. The Morgan fingerprint density at radius 3 is 2.50 bits per heavy atom. The van der Waals surface area contributed by atoms with E-state index in [4.69, 9.17) is 4.74 Å². The highest BCUT2D eigenvalue weighted by atomic mass is 79.9. The lowest BCUT2D eigenvalue weighted by molar-refractivity contribution is 0.209. The summed E-state index contributed by atoms with van der Waals surface area (Å²) in [5.74, 6) is 0.264. The molecule has 0 radical (unpaired) electrons. The normalized spacial score (nSPS) is 12.8. The third-order valence-electron chi connectivity index (χ3n) is 2.85. The van der Waals surface area contributed by atoms with Crippen LogP contribution in [0.3, 0.4) is 0 Å². The Labute approximate surface area is 117 Å². The Balaban J connectivity index is 2.46. The molecular formula is C14H21BrFNO. The molecule has 4 heteroatoms. The molecule has 1 aromatic rings. The van der Waals surface area contributed by atoms with Crippen molar-refractivity contribution < 1.29 is 9.13 Å². The summed E-state index contributed by atoms with van der Waals surface area (Å²) in [5.41, 5.74) is 0. The second-order valence-corrected chi connectivity index (χ2v) is 5.37. The molecule has 102 valence electrons. The van der Waals surface area contributed by atoms with E-state index in [1.165, 1.54) is 12.1 Å². The average Bonchev–Trinajstić information content (AvgIpc) is 2.28. The van der Waals surface area contributed by atoms with Crippen LogP contribution in [0, 0.1) is 5.82 Å². The van der Waals surface area contributed by atoms with Gasteiger partial charge in [-0.05, 0) is 31.9 Å². The van der Waals surface area contributed by atoms with Crippen LogP contribution in [-0.2, 0) is 0 Å². The SMILES string of the molecule is CCC(CC)NCC(C)Oc1cc(F)cc(Br)c1.